The van der Waals surface area contributed by atoms with Gasteiger partial charge < -0.3 is 20.6 Å². The quantitative estimate of drug-likeness (QED) is 0.690. The van der Waals surface area contributed by atoms with Gasteiger partial charge in [-0.2, -0.15) is 4.98 Å². The second kappa shape index (κ2) is 4.63. The molecule has 88 valence electrons. The molecule has 0 atom stereocenters. The number of piperazine rings is 1. The van der Waals surface area contributed by atoms with Crippen LogP contribution in [0.25, 0.3) is 0 Å². The highest BCUT2D eigenvalue weighted by molar-refractivity contribution is 5.44. The fourth-order valence-corrected chi connectivity index (χ4v) is 1.69. The van der Waals surface area contributed by atoms with E-state index in [2.05, 4.69) is 26.8 Å². The number of hydrogen-bond acceptors (Lipinski definition) is 6. The van der Waals surface area contributed by atoms with Crippen LogP contribution in [0.1, 0.15) is 5.56 Å². The molecule has 1 saturated heterocycles. The molecule has 0 bridgehead atoms. The maximum Gasteiger partial charge on any atom is 0.227 e. The first-order chi connectivity index (χ1) is 7.70. The Bertz CT molecular complexity index is 362. The van der Waals surface area contributed by atoms with Gasteiger partial charge in [0.2, 0.25) is 5.95 Å². The minimum atomic E-state index is -0.116. The maximum absolute atomic E-state index is 8.97. The average molecular weight is 223 g/mol. The van der Waals surface area contributed by atoms with E-state index in [0.717, 1.165) is 26.2 Å². The van der Waals surface area contributed by atoms with E-state index in [1.807, 2.05) is 0 Å². The van der Waals surface area contributed by atoms with Gasteiger partial charge in [-0.05, 0) is 7.05 Å². The third-order valence-electron chi connectivity index (χ3n) is 2.84. The summed E-state index contributed by atoms with van der Waals surface area (Å²) in [6.45, 7) is 3.72. The van der Waals surface area contributed by atoms with Gasteiger partial charge in [0.25, 0.3) is 0 Å². The fraction of sp³-hybridized carbons (Fsp3) is 0.600. The Morgan fingerprint density at radius 1 is 1.38 bits per heavy atom. The van der Waals surface area contributed by atoms with E-state index in [4.69, 9.17) is 10.8 Å². The molecule has 0 spiro atoms. The van der Waals surface area contributed by atoms with Crippen LogP contribution < -0.4 is 10.6 Å². The van der Waals surface area contributed by atoms with Crippen LogP contribution in [0.3, 0.4) is 0 Å². The van der Waals surface area contributed by atoms with Crippen LogP contribution in [-0.4, -0.2) is 53.2 Å². The Morgan fingerprint density at radius 2 is 2.06 bits per heavy atom. The molecule has 2 rings (SSSR count). The zero-order valence-electron chi connectivity index (χ0n) is 9.43. The molecule has 0 radical (unpaired) electrons. The number of nitrogens with two attached hydrogens (primary N) is 1. The second-order valence-corrected chi connectivity index (χ2v) is 4.03. The van der Waals surface area contributed by atoms with Crippen molar-refractivity contribution in [3.63, 3.8) is 0 Å². The Balaban J connectivity index is 2.12. The van der Waals surface area contributed by atoms with Gasteiger partial charge in [0.05, 0.1) is 6.61 Å². The highest BCUT2D eigenvalue weighted by Gasteiger charge is 2.17. The van der Waals surface area contributed by atoms with Gasteiger partial charge in [-0.15, -0.1) is 0 Å². The van der Waals surface area contributed by atoms with Gasteiger partial charge >= 0.3 is 0 Å². The largest absolute Gasteiger partial charge is 0.391 e. The molecule has 1 fully saturated rings. The number of anilines is 2. The summed E-state index contributed by atoms with van der Waals surface area (Å²) in [5.74, 6) is 1.02. The van der Waals surface area contributed by atoms with Crippen molar-refractivity contribution in [3.8, 4) is 0 Å². The van der Waals surface area contributed by atoms with Crippen molar-refractivity contribution < 1.29 is 5.11 Å². The third kappa shape index (κ3) is 2.23. The van der Waals surface area contributed by atoms with Gasteiger partial charge in [0.1, 0.15) is 5.82 Å². The predicted octanol–water partition coefficient (Wildman–Crippen LogP) is -0.697. The second-order valence-electron chi connectivity index (χ2n) is 4.03. The Kier molecular flexibility index (Phi) is 3.21. The average Bonchev–Trinajstić information content (AvgIpc) is 2.30. The molecule has 0 saturated carbocycles. The zero-order chi connectivity index (χ0) is 11.5. The molecule has 1 aliphatic rings. The number of aliphatic hydroxyl groups is 1. The van der Waals surface area contributed by atoms with Gasteiger partial charge in [-0.25, -0.2) is 4.98 Å². The number of nitrogens with zero attached hydrogens (tertiary/aromatic N) is 4. The SMILES string of the molecule is CN1CCN(c2ncc(CO)c(N)n2)CC1. The monoisotopic (exact) mass is 223 g/mol. The van der Waals surface area contributed by atoms with Crippen LogP contribution >= 0.6 is 0 Å². The molecule has 3 N–H and O–H groups in total. The molecule has 6 heteroatoms. The zero-order valence-corrected chi connectivity index (χ0v) is 9.43. The van der Waals surface area contributed by atoms with Crippen LogP contribution in [0.4, 0.5) is 11.8 Å². The van der Waals surface area contributed by atoms with Crippen LogP contribution in [0.15, 0.2) is 6.20 Å². The first-order valence-corrected chi connectivity index (χ1v) is 5.36. The van der Waals surface area contributed by atoms with E-state index in [1.165, 1.54) is 0 Å². The smallest absolute Gasteiger partial charge is 0.227 e. The summed E-state index contributed by atoms with van der Waals surface area (Å²) in [5.41, 5.74) is 6.30. The van der Waals surface area contributed by atoms with E-state index in [0.29, 0.717) is 17.3 Å². The Morgan fingerprint density at radius 3 is 2.62 bits per heavy atom. The Hall–Kier alpha value is -1.40. The summed E-state index contributed by atoms with van der Waals surface area (Å²) in [6, 6.07) is 0. The molecular weight excluding hydrogens is 206 g/mol. The molecule has 0 amide bonds. The first kappa shape index (κ1) is 11.1. The number of aliphatic hydroxyl groups excluding tert-OH is 1. The van der Waals surface area contributed by atoms with Crippen molar-refractivity contribution in [1.29, 1.82) is 0 Å². The number of hydrogen-bond donors (Lipinski definition) is 2. The molecule has 1 aromatic rings. The van der Waals surface area contributed by atoms with Crippen LogP contribution in [-0.2, 0) is 6.61 Å². The van der Waals surface area contributed by atoms with Crippen molar-refractivity contribution in [3.05, 3.63) is 11.8 Å². The fourth-order valence-electron chi connectivity index (χ4n) is 1.69. The molecule has 1 aliphatic heterocycles. The van der Waals surface area contributed by atoms with E-state index in [-0.39, 0.29) is 6.61 Å². The van der Waals surface area contributed by atoms with Gasteiger partial charge in [-0.3, -0.25) is 0 Å². The molecule has 16 heavy (non-hydrogen) atoms. The van der Waals surface area contributed by atoms with Crippen molar-refractivity contribution in [2.24, 2.45) is 0 Å². The summed E-state index contributed by atoms with van der Waals surface area (Å²) < 4.78 is 0. The highest BCUT2D eigenvalue weighted by Crippen LogP contribution is 2.14. The highest BCUT2D eigenvalue weighted by atomic mass is 16.3. The van der Waals surface area contributed by atoms with Crippen LogP contribution in [0.5, 0.6) is 0 Å². The topological polar surface area (TPSA) is 78.5 Å². The van der Waals surface area contributed by atoms with Gasteiger partial charge in [0, 0.05) is 37.9 Å². The number of rotatable bonds is 2. The van der Waals surface area contributed by atoms with Gasteiger partial charge in [-0.1, -0.05) is 0 Å². The number of likely N-dealkylation sites (N-methyl/N-ethyl adjacent to an activating group) is 1. The summed E-state index contributed by atoms with van der Waals surface area (Å²) in [5, 5.41) is 8.97. The van der Waals surface area contributed by atoms with E-state index < -0.39 is 0 Å². The van der Waals surface area contributed by atoms with E-state index in [9.17, 15) is 0 Å². The van der Waals surface area contributed by atoms with Crippen LogP contribution in [0.2, 0.25) is 0 Å². The molecule has 6 nitrogen and oxygen atoms in total. The van der Waals surface area contributed by atoms with Crippen molar-refractivity contribution >= 4 is 11.8 Å². The Labute approximate surface area is 94.7 Å². The van der Waals surface area contributed by atoms with Crippen molar-refractivity contribution in [2.75, 3.05) is 43.9 Å². The molecular formula is C10H17N5O. The molecule has 0 unspecified atom stereocenters. The standard InChI is InChI=1S/C10H17N5O/c1-14-2-4-15(5-3-14)10-12-6-8(7-16)9(11)13-10/h6,16H,2-5,7H2,1H3,(H2,11,12,13). The molecule has 1 aromatic heterocycles. The van der Waals surface area contributed by atoms with Gasteiger partial charge in [0.15, 0.2) is 0 Å². The minimum Gasteiger partial charge on any atom is -0.391 e. The molecule has 2 heterocycles. The lowest BCUT2D eigenvalue weighted by Gasteiger charge is -2.32. The lowest BCUT2D eigenvalue weighted by molar-refractivity contribution is 0.281. The summed E-state index contributed by atoms with van der Waals surface area (Å²) in [6.07, 6.45) is 1.59. The normalized spacial score (nSPS) is 17.8. The maximum atomic E-state index is 8.97. The number of nitrogen functional groups attached to an aromatic ring is 1. The van der Waals surface area contributed by atoms with E-state index >= 15 is 0 Å². The summed E-state index contributed by atoms with van der Waals surface area (Å²) in [7, 11) is 2.10. The summed E-state index contributed by atoms with van der Waals surface area (Å²) in [4.78, 5) is 12.8. The minimum absolute atomic E-state index is 0.116. The lowest BCUT2D eigenvalue weighted by Crippen LogP contribution is -2.45. The predicted molar refractivity (Wildman–Crippen MR) is 62.1 cm³/mol. The third-order valence-corrected chi connectivity index (χ3v) is 2.84. The first-order valence-electron chi connectivity index (χ1n) is 5.36. The molecule has 0 aliphatic carbocycles. The number of aromatic nitrogens is 2. The van der Waals surface area contributed by atoms with Crippen molar-refractivity contribution in [1.82, 2.24) is 14.9 Å². The summed E-state index contributed by atoms with van der Waals surface area (Å²) >= 11 is 0. The molecule has 0 aromatic carbocycles. The van der Waals surface area contributed by atoms with E-state index in [1.54, 1.807) is 6.20 Å². The lowest BCUT2D eigenvalue weighted by atomic mass is 10.3. The van der Waals surface area contributed by atoms with Crippen molar-refractivity contribution in [2.45, 2.75) is 6.61 Å². The van der Waals surface area contributed by atoms with Crippen LogP contribution in [0, 0.1) is 0 Å².